The van der Waals surface area contributed by atoms with Crippen LogP contribution in [0.5, 0.6) is 0 Å². The van der Waals surface area contributed by atoms with E-state index >= 15 is 0 Å². The van der Waals surface area contributed by atoms with Crippen LogP contribution in [-0.2, 0) is 20.0 Å². The molecule has 0 amide bonds. The van der Waals surface area contributed by atoms with Crippen molar-refractivity contribution in [3.8, 4) is 0 Å². The van der Waals surface area contributed by atoms with Crippen LogP contribution in [-0.4, -0.2) is 27.1 Å². The van der Waals surface area contributed by atoms with Gasteiger partial charge < -0.3 is 0 Å². The third kappa shape index (κ3) is 5.27. The van der Waals surface area contributed by atoms with Gasteiger partial charge >= 0.3 is 5.69 Å². The summed E-state index contributed by atoms with van der Waals surface area (Å²) in [4.78, 5) is 28.1. The Kier molecular flexibility index (Phi) is 7.25. The van der Waals surface area contributed by atoms with Gasteiger partial charge in [0.05, 0.1) is 0 Å². The number of hydrogen-bond acceptors (Lipinski definition) is 3. The summed E-state index contributed by atoms with van der Waals surface area (Å²) in [5, 5.41) is 1.50. The van der Waals surface area contributed by atoms with Gasteiger partial charge in [0.15, 0.2) is 0 Å². The molecule has 2 aromatic rings. The van der Waals surface area contributed by atoms with Crippen molar-refractivity contribution in [2.24, 2.45) is 13.0 Å². The van der Waals surface area contributed by atoms with Crippen molar-refractivity contribution < 1.29 is 0 Å². The van der Waals surface area contributed by atoms with Crippen molar-refractivity contribution in [3.63, 3.8) is 0 Å². The van der Waals surface area contributed by atoms with Gasteiger partial charge in [0.2, 0.25) is 0 Å². The SMILES string of the molecule is Cn1c(CN2CCC(Cc3cc(Cl)ccc3Cl)CC2)cc(=O)n(C2CCCCC2)c1=O. The normalized spacial score (nSPS) is 19.1. The molecule has 1 saturated carbocycles. The fourth-order valence-electron chi connectivity index (χ4n) is 5.10. The van der Waals surface area contributed by atoms with Crippen LogP contribution in [0.25, 0.3) is 0 Å². The number of nitrogens with zero attached hydrogens (tertiary/aromatic N) is 3. The second kappa shape index (κ2) is 9.93. The molecule has 0 spiro atoms. The zero-order valence-corrected chi connectivity index (χ0v) is 19.7. The second-order valence-corrected chi connectivity index (χ2v) is 9.98. The lowest BCUT2D eigenvalue weighted by molar-refractivity contribution is 0.173. The predicted octanol–water partition coefficient (Wildman–Crippen LogP) is 4.81. The molecule has 1 saturated heterocycles. The Labute approximate surface area is 193 Å². The summed E-state index contributed by atoms with van der Waals surface area (Å²) in [5.74, 6) is 0.565. The molecule has 1 aliphatic heterocycles. The topological polar surface area (TPSA) is 47.2 Å². The van der Waals surface area contributed by atoms with Gasteiger partial charge in [-0.2, -0.15) is 0 Å². The van der Waals surface area contributed by atoms with Crippen molar-refractivity contribution in [1.82, 2.24) is 14.0 Å². The van der Waals surface area contributed by atoms with E-state index < -0.39 is 0 Å². The summed E-state index contributed by atoms with van der Waals surface area (Å²) < 4.78 is 3.16. The summed E-state index contributed by atoms with van der Waals surface area (Å²) in [6.45, 7) is 2.53. The molecule has 5 nitrogen and oxygen atoms in total. The van der Waals surface area contributed by atoms with E-state index in [2.05, 4.69) is 4.90 Å². The van der Waals surface area contributed by atoms with Gasteiger partial charge in [0, 0.05) is 41.4 Å². The molecular weight excluding hydrogens is 433 g/mol. The van der Waals surface area contributed by atoms with Crippen LogP contribution >= 0.6 is 23.2 Å². The Balaban J connectivity index is 1.40. The van der Waals surface area contributed by atoms with E-state index in [-0.39, 0.29) is 17.3 Å². The molecule has 168 valence electrons. The van der Waals surface area contributed by atoms with Gasteiger partial charge in [-0.05, 0) is 74.9 Å². The molecule has 0 N–H and O–H groups in total. The average Bonchev–Trinajstić information content (AvgIpc) is 2.76. The first kappa shape index (κ1) is 22.6. The Morgan fingerprint density at radius 3 is 2.39 bits per heavy atom. The van der Waals surface area contributed by atoms with E-state index in [1.54, 1.807) is 17.7 Å². The Bertz CT molecular complexity index is 1030. The van der Waals surface area contributed by atoms with Crippen molar-refractivity contribution in [3.05, 3.63) is 66.4 Å². The predicted molar refractivity (Wildman–Crippen MR) is 126 cm³/mol. The summed E-state index contributed by atoms with van der Waals surface area (Å²) >= 11 is 12.5. The average molecular weight is 464 g/mol. The molecule has 7 heteroatoms. The fourth-order valence-corrected chi connectivity index (χ4v) is 5.49. The number of hydrogen-bond donors (Lipinski definition) is 0. The fraction of sp³-hybridized carbons (Fsp3) is 0.583. The van der Waals surface area contributed by atoms with E-state index in [1.165, 1.54) is 11.0 Å². The van der Waals surface area contributed by atoms with Crippen molar-refractivity contribution >= 4 is 23.2 Å². The Hall–Kier alpha value is -1.56. The number of halogens is 2. The number of rotatable bonds is 5. The first-order valence-electron chi connectivity index (χ1n) is 11.4. The lowest BCUT2D eigenvalue weighted by Crippen LogP contribution is -2.44. The van der Waals surface area contributed by atoms with Crippen molar-refractivity contribution in [2.75, 3.05) is 13.1 Å². The molecule has 2 aliphatic rings. The smallest absolute Gasteiger partial charge is 0.299 e. The summed E-state index contributed by atoms with van der Waals surface area (Å²) in [5.41, 5.74) is 1.61. The van der Waals surface area contributed by atoms with Gasteiger partial charge in [-0.3, -0.25) is 18.8 Å². The van der Waals surface area contributed by atoms with Crippen LogP contribution in [0.3, 0.4) is 0 Å². The minimum absolute atomic E-state index is 0.0584. The van der Waals surface area contributed by atoms with Crippen LogP contribution in [0.2, 0.25) is 10.0 Å². The summed E-state index contributed by atoms with van der Waals surface area (Å²) in [7, 11) is 1.80. The van der Waals surface area contributed by atoms with E-state index in [9.17, 15) is 9.59 Å². The molecule has 1 aliphatic carbocycles. The quantitative estimate of drug-likeness (QED) is 0.638. The molecular formula is C24H31Cl2N3O2. The van der Waals surface area contributed by atoms with E-state index in [4.69, 9.17) is 23.2 Å². The molecule has 2 fully saturated rings. The maximum absolute atomic E-state index is 13.0. The summed E-state index contributed by atoms with van der Waals surface area (Å²) in [6, 6.07) is 7.39. The molecule has 2 heterocycles. The first-order valence-corrected chi connectivity index (χ1v) is 12.2. The van der Waals surface area contributed by atoms with Crippen molar-refractivity contribution in [2.45, 2.75) is 64.0 Å². The Morgan fingerprint density at radius 1 is 0.968 bits per heavy atom. The highest BCUT2D eigenvalue weighted by Crippen LogP contribution is 2.28. The third-order valence-corrected chi connectivity index (χ3v) is 7.60. The maximum atomic E-state index is 13.0. The maximum Gasteiger partial charge on any atom is 0.331 e. The zero-order chi connectivity index (χ0) is 22.0. The van der Waals surface area contributed by atoms with Crippen LogP contribution in [0.15, 0.2) is 33.9 Å². The molecule has 4 rings (SSSR count). The highest BCUT2D eigenvalue weighted by molar-refractivity contribution is 6.33. The standard InChI is InChI=1S/C24H31Cl2N3O2/c1-27-21(15-23(30)29(24(27)31)20-5-3-2-4-6-20)16-28-11-9-17(10-12-28)13-18-14-19(25)7-8-22(18)26/h7-8,14-15,17,20H,2-6,9-13,16H2,1H3. The zero-order valence-electron chi connectivity index (χ0n) is 18.2. The molecule has 0 unspecified atom stereocenters. The van der Waals surface area contributed by atoms with Crippen LogP contribution in [0, 0.1) is 5.92 Å². The van der Waals surface area contributed by atoms with Gasteiger partial charge in [-0.15, -0.1) is 0 Å². The number of piperidine rings is 1. The molecule has 0 atom stereocenters. The minimum Gasteiger partial charge on any atom is -0.299 e. The van der Waals surface area contributed by atoms with E-state index in [0.29, 0.717) is 12.5 Å². The highest BCUT2D eigenvalue weighted by atomic mass is 35.5. The van der Waals surface area contributed by atoms with Gasteiger partial charge in [-0.25, -0.2) is 4.79 Å². The first-order chi connectivity index (χ1) is 14.9. The van der Waals surface area contributed by atoms with Gasteiger partial charge in [0.25, 0.3) is 5.56 Å². The van der Waals surface area contributed by atoms with Crippen LogP contribution in [0.4, 0.5) is 0 Å². The van der Waals surface area contributed by atoms with Gasteiger partial charge in [0.1, 0.15) is 0 Å². The van der Waals surface area contributed by atoms with E-state index in [0.717, 1.165) is 79.3 Å². The third-order valence-electron chi connectivity index (χ3n) is 7.00. The minimum atomic E-state index is -0.167. The summed E-state index contributed by atoms with van der Waals surface area (Å²) in [6.07, 6.45) is 8.31. The monoisotopic (exact) mass is 463 g/mol. The molecule has 1 aromatic heterocycles. The number of aromatic nitrogens is 2. The molecule has 31 heavy (non-hydrogen) atoms. The van der Waals surface area contributed by atoms with Gasteiger partial charge in [-0.1, -0.05) is 42.5 Å². The molecule has 0 bridgehead atoms. The number of likely N-dealkylation sites (tertiary alicyclic amines) is 1. The second-order valence-electron chi connectivity index (χ2n) is 9.14. The van der Waals surface area contributed by atoms with Crippen LogP contribution < -0.4 is 11.2 Å². The highest BCUT2D eigenvalue weighted by Gasteiger charge is 2.23. The van der Waals surface area contributed by atoms with Crippen LogP contribution in [0.1, 0.15) is 62.2 Å². The lowest BCUT2D eigenvalue weighted by atomic mass is 9.90. The molecule has 1 aromatic carbocycles. The van der Waals surface area contributed by atoms with E-state index in [1.807, 2.05) is 18.2 Å². The van der Waals surface area contributed by atoms with Crippen molar-refractivity contribution in [1.29, 1.82) is 0 Å². The number of benzene rings is 1. The largest absolute Gasteiger partial charge is 0.331 e. The molecule has 0 radical (unpaired) electrons. The Morgan fingerprint density at radius 2 is 1.68 bits per heavy atom. The lowest BCUT2D eigenvalue weighted by Gasteiger charge is -2.32.